The highest BCUT2D eigenvalue weighted by Crippen LogP contribution is 2.45. The lowest BCUT2D eigenvalue weighted by Crippen LogP contribution is -2.41. The Bertz CT molecular complexity index is 1520. The molecule has 0 aliphatic heterocycles. The van der Waals surface area contributed by atoms with Crippen molar-refractivity contribution in [1.82, 2.24) is 0 Å². The lowest BCUT2D eigenvalue weighted by Gasteiger charge is -2.39. The predicted octanol–water partition coefficient (Wildman–Crippen LogP) is 8.92. The maximum Gasteiger partial charge on any atom is 0.142 e. The summed E-state index contributed by atoms with van der Waals surface area (Å²) in [6.45, 7) is 1.89. The lowest BCUT2D eigenvalue weighted by molar-refractivity contribution is -0.142. The first kappa shape index (κ1) is 36.5. The molecule has 3 fully saturated rings. The molecule has 270 valence electrons. The van der Waals surface area contributed by atoms with E-state index in [1.165, 1.54) is 37.7 Å². The average molecular weight is 683 g/mol. The molecule has 6 rings (SSSR count). The topological polar surface area (TPSA) is 86.7 Å². The van der Waals surface area contributed by atoms with Crippen LogP contribution in [-0.4, -0.2) is 37.4 Å². The van der Waals surface area contributed by atoms with Crippen LogP contribution in [0.3, 0.4) is 0 Å². The third-order valence-electron chi connectivity index (χ3n) is 13.2. The molecule has 4 aliphatic rings. The molecule has 2 aromatic rings. The van der Waals surface area contributed by atoms with Crippen molar-refractivity contribution < 1.29 is 28.7 Å². The van der Waals surface area contributed by atoms with Crippen molar-refractivity contribution in [1.29, 1.82) is 0 Å². The fraction of sp³-hybridized carbons (Fsp3) is 0.636. The van der Waals surface area contributed by atoms with Gasteiger partial charge in [-0.3, -0.25) is 19.2 Å². The Morgan fingerprint density at radius 1 is 0.720 bits per heavy atom. The van der Waals surface area contributed by atoms with E-state index in [4.69, 9.17) is 9.47 Å². The minimum atomic E-state index is -1.04. The van der Waals surface area contributed by atoms with Crippen molar-refractivity contribution in [3.05, 3.63) is 59.2 Å². The second-order valence-electron chi connectivity index (χ2n) is 16.5. The van der Waals surface area contributed by atoms with E-state index in [0.29, 0.717) is 35.5 Å². The van der Waals surface area contributed by atoms with Gasteiger partial charge in [-0.2, -0.15) is 0 Å². The molecule has 2 atom stereocenters. The molecule has 4 aliphatic carbocycles. The molecule has 6 heteroatoms. The summed E-state index contributed by atoms with van der Waals surface area (Å²) in [5.41, 5.74) is 2.13. The van der Waals surface area contributed by atoms with Crippen LogP contribution in [0.15, 0.2) is 42.5 Å². The van der Waals surface area contributed by atoms with Crippen molar-refractivity contribution in [2.75, 3.05) is 14.2 Å². The quantitative estimate of drug-likeness (QED) is 0.210. The number of methoxy groups -OCH3 is 2. The van der Waals surface area contributed by atoms with Crippen LogP contribution < -0.4 is 9.47 Å². The first-order valence-electron chi connectivity index (χ1n) is 19.6. The Balaban J connectivity index is 1.13. The highest BCUT2D eigenvalue weighted by Gasteiger charge is 2.44. The van der Waals surface area contributed by atoms with Crippen LogP contribution in [0.2, 0.25) is 0 Å². The molecular weight excluding hydrogens is 624 g/mol. The molecule has 2 unspecified atom stereocenters. The summed E-state index contributed by atoms with van der Waals surface area (Å²) in [7, 11) is 3.18. The number of hydrogen-bond acceptors (Lipinski definition) is 6. The van der Waals surface area contributed by atoms with E-state index in [2.05, 4.69) is 18.2 Å². The minimum Gasteiger partial charge on any atom is -0.497 e. The molecule has 0 aromatic heterocycles. The summed E-state index contributed by atoms with van der Waals surface area (Å²) in [5.74, 6) is 3.36. The smallest absolute Gasteiger partial charge is 0.142 e. The summed E-state index contributed by atoms with van der Waals surface area (Å²) < 4.78 is 11.0. The summed E-state index contributed by atoms with van der Waals surface area (Å²) in [4.78, 5) is 55.7. The second-order valence-corrected chi connectivity index (χ2v) is 16.5. The molecule has 0 bridgehead atoms. The van der Waals surface area contributed by atoms with E-state index in [0.717, 1.165) is 74.8 Å². The number of ketones is 4. The zero-order valence-corrected chi connectivity index (χ0v) is 30.7. The number of rotatable bonds is 13. The Kier molecular flexibility index (Phi) is 12.0. The number of carbonyl (C=O) groups is 4. The first-order chi connectivity index (χ1) is 24.2. The van der Waals surface area contributed by atoms with Gasteiger partial charge >= 0.3 is 0 Å². The summed E-state index contributed by atoms with van der Waals surface area (Å²) >= 11 is 0. The highest BCUT2D eigenvalue weighted by atomic mass is 16.5. The predicted molar refractivity (Wildman–Crippen MR) is 195 cm³/mol. The summed E-state index contributed by atoms with van der Waals surface area (Å²) in [6, 6.07) is 13.7. The van der Waals surface area contributed by atoms with Crippen LogP contribution in [0.4, 0.5) is 0 Å². The fourth-order valence-electron chi connectivity index (χ4n) is 10.3. The zero-order valence-electron chi connectivity index (χ0n) is 30.7. The normalized spacial score (nSPS) is 27.1. The van der Waals surface area contributed by atoms with Crippen LogP contribution >= 0.6 is 0 Å². The first-order valence-corrected chi connectivity index (χ1v) is 19.6. The number of carbonyl (C=O) groups excluding carboxylic acids is 4. The molecule has 0 radical (unpaired) electrons. The van der Waals surface area contributed by atoms with Gasteiger partial charge in [0.1, 0.15) is 34.6 Å². The van der Waals surface area contributed by atoms with E-state index >= 15 is 0 Å². The van der Waals surface area contributed by atoms with Crippen molar-refractivity contribution >= 4 is 23.1 Å². The SMILES string of the molecule is COc1ccc(OC)c(CC(=O)CC(C)(CC(=O)C2CCC(C3Cc4ccccc4CC3=O)CC2)C(=O)C2CCC(C3CCCCC3)CC2)c1. The van der Waals surface area contributed by atoms with Crippen LogP contribution in [0.5, 0.6) is 11.5 Å². The molecule has 3 saturated carbocycles. The van der Waals surface area contributed by atoms with Crippen LogP contribution in [0.25, 0.3) is 0 Å². The molecule has 0 spiro atoms. The number of benzene rings is 2. The average Bonchev–Trinajstić information content (AvgIpc) is 3.14. The zero-order chi connectivity index (χ0) is 35.3. The van der Waals surface area contributed by atoms with Crippen molar-refractivity contribution in [2.24, 2.45) is 40.9 Å². The van der Waals surface area contributed by atoms with Crippen LogP contribution in [-0.2, 0) is 38.4 Å². The van der Waals surface area contributed by atoms with Gasteiger partial charge in [-0.15, -0.1) is 0 Å². The van der Waals surface area contributed by atoms with Crippen molar-refractivity contribution in [3.63, 3.8) is 0 Å². The highest BCUT2D eigenvalue weighted by molar-refractivity contribution is 5.97. The molecular formula is C44H58O6. The molecule has 6 nitrogen and oxygen atoms in total. The van der Waals surface area contributed by atoms with Gasteiger partial charge in [0.25, 0.3) is 0 Å². The second kappa shape index (κ2) is 16.4. The molecule has 50 heavy (non-hydrogen) atoms. The Hall–Kier alpha value is -3.28. The standard InChI is InChI=1S/C44H58O6/c1-44(27-37(45)23-36-24-38(49-2)21-22-42(36)50-3,43(48)33-19-13-30(14-20-33)29-9-5-4-6-10-29)28-41(47)32-17-15-31(16-18-32)39-25-34-11-7-8-12-35(34)26-40(39)46/h7-8,11-12,21-22,24,29-33,39H,4-6,9-10,13-20,23,25-28H2,1-3H3. The van der Waals surface area contributed by atoms with Gasteiger partial charge in [0, 0.05) is 54.4 Å². The Morgan fingerprint density at radius 2 is 1.36 bits per heavy atom. The Labute approximate surface area is 299 Å². The van der Waals surface area contributed by atoms with Gasteiger partial charge in [0.2, 0.25) is 0 Å². The van der Waals surface area contributed by atoms with Gasteiger partial charge in [-0.05, 0) is 105 Å². The van der Waals surface area contributed by atoms with Gasteiger partial charge < -0.3 is 9.47 Å². The minimum absolute atomic E-state index is 0.0303. The molecule has 0 N–H and O–H groups in total. The summed E-state index contributed by atoms with van der Waals surface area (Å²) in [6.07, 6.45) is 15.4. The maximum absolute atomic E-state index is 14.5. The van der Waals surface area contributed by atoms with Gasteiger partial charge in [0.15, 0.2) is 0 Å². The number of ether oxygens (including phenoxy) is 2. The maximum atomic E-state index is 14.5. The monoisotopic (exact) mass is 682 g/mol. The van der Waals surface area contributed by atoms with E-state index in [1.54, 1.807) is 26.4 Å². The van der Waals surface area contributed by atoms with Gasteiger partial charge in [0.05, 0.1) is 14.2 Å². The Morgan fingerprint density at radius 3 is 2.04 bits per heavy atom. The van der Waals surface area contributed by atoms with Crippen molar-refractivity contribution in [3.8, 4) is 11.5 Å². The van der Waals surface area contributed by atoms with E-state index in [-0.39, 0.29) is 54.4 Å². The van der Waals surface area contributed by atoms with Gasteiger partial charge in [-0.1, -0.05) is 63.3 Å². The van der Waals surface area contributed by atoms with Crippen LogP contribution in [0.1, 0.15) is 120 Å². The molecule has 0 saturated heterocycles. The molecule has 0 heterocycles. The van der Waals surface area contributed by atoms with E-state index in [1.807, 2.05) is 19.1 Å². The molecule has 0 amide bonds. The summed E-state index contributed by atoms with van der Waals surface area (Å²) in [5, 5.41) is 0. The third kappa shape index (κ3) is 8.43. The molecule has 2 aromatic carbocycles. The van der Waals surface area contributed by atoms with Crippen LogP contribution in [0, 0.1) is 40.9 Å². The van der Waals surface area contributed by atoms with E-state index < -0.39 is 5.41 Å². The lowest BCUT2D eigenvalue weighted by atomic mass is 9.64. The van der Waals surface area contributed by atoms with Gasteiger partial charge in [-0.25, -0.2) is 0 Å². The number of fused-ring (bicyclic) bond motifs is 1. The third-order valence-corrected chi connectivity index (χ3v) is 13.2. The number of Topliss-reactive ketones (excluding diaryl/α,β-unsaturated/α-hetero) is 4. The van der Waals surface area contributed by atoms with E-state index in [9.17, 15) is 19.2 Å². The largest absolute Gasteiger partial charge is 0.497 e. The fourth-order valence-corrected chi connectivity index (χ4v) is 10.3. The van der Waals surface area contributed by atoms with Crippen molar-refractivity contribution in [2.45, 2.75) is 122 Å². The number of hydrogen-bond donors (Lipinski definition) is 0.